The van der Waals surface area contributed by atoms with Crippen LogP contribution in [0.4, 0.5) is 5.69 Å². The predicted molar refractivity (Wildman–Crippen MR) is 75.6 cm³/mol. The number of carbonyl (C=O) groups excluding carboxylic acids is 1. The van der Waals surface area contributed by atoms with Crippen LogP contribution in [0.25, 0.3) is 0 Å². The molecule has 0 radical (unpaired) electrons. The van der Waals surface area contributed by atoms with Crippen LogP contribution in [0, 0.1) is 6.92 Å². The molecule has 7 heteroatoms. The van der Waals surface area contributed by atoms with Gasteiger partial charge >= 0.3 is 5.97 Å². The molecule has 20 heavy (non-hydrogen) atoms. The first-order valence-electron chi connectivity index (χ1n) is 6.02. The minimum absolute atomic E-state index is 0.0449. The van der Waals surface area contributed by atoms with E-state index >= 15 is 0 Å². The maximum absolute atomic E-state index is 12.2. The van der Waals surface area contributed by atoms with Gasteiger partial charge in [-0.3, -0.25) is 4.79 Å². The number of nitrogens with zero attached hydrogens (tertiary/aromatic N) is 1. The number of aromatic nitrogens is 2. The molecule has 0 atom stereocenters. The van der Waals surface area contributed by atoms with Crippen LogP contribution in [0.2, 0.25) is 5.02 Å². The fraction of sp³-hybridized carbons (Fsp3) is 0.231. The molecular weight excluding hydrogens is 282 g/mol. The number of aryl methyl sites for hydroxylation is 2. The molecule has 2 aromatic rings. The zero-order valence-electron chi connectivity index (χ0n) is 11.0. The molecular formula is C13H14ClN3O3. The fourth-order valence-corrected chi connectivity index (χ4v) is 2.19. The Balaban J connectivity index is 2.30. The van der Waals surface area contributed by atoms with Gasteiger partial charge in [0.1, 0.15) is 11.4 Å². The minimum atomic E-state index is -1.13. The van der Waals surface area contributed by atoms with Crippen molar-refractivity contribution in [2.24, 2.45) is 0 Å². The molecule has 3 N–H and O–H groups in total. The van der Waals surface area contributed by atoms with Crippen LogP contribution in [-0.2, 0) is 6.54 Å². The molecule has 2 heterocycles. The van der Waals surface area contributed by atoms with E-state index in [-0.39, 0.29) is 11.4 Å². The van der Waals surface area contributed by atoms with Gasteiger partial charge in [0.25, 0.3) is 5.91 Å². The molecule has 0 fully saturated rings. The predicted octanol–water partition coefficient (Wildman–Crippen LogP) is 2.75. The number of nitrogens with one attached hydrogen (secondary N) is 2. The molecule has 2 rings (SSSR count). The van der Waals surface area contributed by atoms with E-state index in [1.807, 2.05) is 6.92 Å². The van der Waals surface area contributed by atoms with E-state index in [0.717, 1.165) is 0 Å². The van der Waals surface area contributed by atoms with Crippen LogP contribution < -0.4 is 5.32 Å². The summed E-state index contributed by atoms with van der Waals surface area (Å²) < 4.78 is 1.69. The SMILES string of the molecule is CCn1cc(Cl)cc1C(=O)Nc1cc(C)[nH]c1C(=O)O. The number of aromatic amines is 1. The molecule has 0 spiro atoms. The van der Waals surface area contributed by atoms with Crippen molar-refractivity contribution in [2.75, 3.05) is 5.32 Å². The number of H-pyrrole nitrogens is 1. The van der Waals surface area contributed by atoms with Gasteiger partial charge in [0.05, 0.1) is 10.7 Å². The van der Waals surface area contributed by atoms with Gasteiger partial charge in [-0.05, 0) is 26.0 Å². The molecule has 0 aliphatic rings. The maximum Gasteiger partial charge on any atom is 0.354 e. The van der Waals surface area contributed by atoms with E-state index in [4.69, 9.17) is 16.7 Å². The quantitative estimate of drug-likeness (QED) is 0.810. The summed E-state index contributed by atoms with van der Waals surface area (Å²) in [6.45, 7) is 4.19. The number of amides is 1. The number of halogens is 1. The highest BCUT2D eigenvalue weighted by Gasteiger charge is 2.18. The van der Waals surface area contributed by atoms with Crippen LogP contribution in [0.3, 0.4) is 0 Å². The van der Waals surface area contributed by atoms with Crippen LogP contribution in [-0.4, -0.2) is 26.5 Å². The first-order valence-corrected chi connectivity index (χ1v) is 6.40. The molecule has 0 aliphatic heterocycles. The third kappa shape index (κ3) is 2.70. The maximum atomic E-state index is 12.2. The van der Waals surface area contributed by atoms with Crippen molar-refractivity contribution in [3.63, 3.8) is 0 Å². The number of hydrogen-bond acceptors (Lipinski definition) is 2. The van der Waals surface area contributed by atoms with Crippen LogP contribution in [0.5, 0.6) is 0 Å². The average molecular weight is 296 g/mol. The van der Waals surface area contributed by atoms with Gasteiger partial charge in [-0.25, -0.2) is 4.79 Å². The van der Waals surface area contributed by atoms with Gasteiger partial charge in [0, 0.05) is 18.4 Å². The summed E-state index contributed by atoms with van der Waals surface area (Å²) in [5.41, 5.74) is 1.23. The molecule has 6 nitrogen and oxygen atoms in total. The van der Waals surface area contributed by atoms with Gasteiger partial charge in [0.15, 0.2) is 0 Å². The van der Waals surface area contributed by atoms with Gasteiger partial charge in [0.2, 0.25) is 0 Å². The van der Waals surface area contributed by atoms with Gasteiger partial charge < -0.3 is 20.0 Å². The highest BCUT2D eigenvalue weighted by atomic mass is 35.5. The number of anilines is 1. The summed E-state index contributed by atoms with van der Waals surface area (Å²) in [4.78, 5) is 26.0. The summed E-state index contributed by atoms with van der Waals surface area (Å²) in [6, 6.07) is 3.11. The Morgan fingerprint density at radius 3 is 2.75 bits per heavy atom. The second kappa shape index (κ2) is 5.42. The number of carboxylic acid groups (broad SMARTS) is 1. The largest absolute Gasteiger partial charge is 0.477 e. The number of rotatable bonds is 4. The van der Waals surface area contributed by atoms with Gasteiger partial charge in [-0.15, -0.1) is 0 Å². The van der Waals surface area contributed by atoms with Gasteiger partial charge in [-0.2, -0.15) is 0 Å². The van der Waals surface area contributed by atoms with Crippen molar-refractivity contribution in [3.8, 4) is 0 Å². The Kier molecular flexibility index (Phi) is 3.85. The minimum Gasteiger partial charge on any atom is -0.477 e. The Morgan fingerprint density at radius 1 is 1.45 bits per heavy atom. The molecule has 106 valence electrons. The first kappa shape index (κ1) is 14.2. The lowest BCUT2D eigenvalue weighted by molar-refractivity contribution is 0.0692. The van der Waals surface area contributed by atoms with Crippen LogP contribution >= 0.6 is 11.6 Å². The van der Waals surface area contributed by atoms with E-state index in [0.29, 0.717) is 23.0 Å². The van der Waals surface area contributed by atoms with E-state index in [1.54, 1.807) is 29.8 Å². The van der Waals surface area contributed by atoms with E-state index < -0.39 is 11.9 Å². The second-order valence-electron chi connectivity index (χ2n) is 4.33. The fourth-order valence-electron chi connectivity index (χ4n) is 1.97. The lowest BCUT2D eigenvalue weighted by Crippen LogP contribution is -2.17. The van der Waals surface area contributed by atoms with Crippen molar-refractivity contribution in [1.82, 2.24) is 9.55 Å². The molecule has 0 aliphatic carbocycles. The molecule has 0 unspecified atom stereocenters. The van der Waals surface area contributed by atoms with Crippen molar-refractivity contribution < 1.29 is 14.7 Å². The van der Waals surface area contributed by atoms with Crippen LogP contribution in [0.15, 0.2) is 18.3 Å². The van der Waals surface area contributed by atoms with Crippen molar-refractivity contribution in [3.05, 3.63) is 40.4 Å². The van der Waals surface area contributed by atoms with Crippen molar-refractivity contribution in [1.29, 1.82) is 0 Å². The summed E-state index contributed by atoms with van der Waals surface area (Å²) in [5, 5.41) is 12.1. The Labute approximate surface area is 120 Å². The van der Waals surface area contributed by atoms with Crippen molar-refractivity contribution >= 4 is 29.2 Å². The zero-order valence-corrected chi connectivity index (χ0v) is 11.8. The molecule has 0 saturated heterocycles. The van der Waals surface area contributed by atoms with E-state index in [1.165, 1.54) is 0 Å². The summed E-state index contributed by atoms with van der Waals surface area (Å²) in [6.07, 6.45) is 1.65. The van der Waals surface area contributed by atoms with Crippen molar-refractivity contribution in [2.45, 2.75) is 20.4 Å². The first-order chi connectivity index (χ1) is 9.42. The summed E-state index contributed by atoms with van der Waals surface area (Å²) in [7, 11) is 0. The van der Waals surface area contributed by atoms with E-state index in [2.05, 4.69) is 10.3 Å². The van der Waals surface area contributed by atoms with E-state index in [9.17, 15) is 9.59 Å². The average Bonchev–Trinajstić information content (AvgIpc) is 2.92. The third-order valence-electron chi connectivity index (χ3n) is 2.85. The topological polar surface area (TPSA) is 87.1 Å². The zero-order chi connectivity index (χ0) is 14.9. The highest BCUT2D eigenvalue weighted by Crippen LogP contribution is 2.20. The molecule has 1 amide bonds. The third-order valence-corrected chi connectivity index (χ3v) is 3.06. The molecule has 0 saturated carbocycles. The lowest BCUT2D eigenvalue weighted by Gasteiger charge is -2.07. The Hall–Kier alpha value is -2.21. The number of carboxylic acids is 1. The molecule has 0 aromatic carbocycles. The number of carbonyl (C=O) groups is 2. The standard InChI is InChI=1S/C13H14ClN3O3/c1-3-17-6-8(14)5-10(17)12(18)16-9-4-7(2)15-11(9)13(19)20/h4-6,15H,3H2,1-2H3,(H,16,18)(H,19,20). The normalized spacial score (nSPS) is 10.6. The number of aromatic carboxylic acids is 1. The molecule has 2 aromatic heterocycles. The summed E-state index contributed by atoms with van der Waals surface area (Å²) in [5.74, 6) is -1.53. The smallest absolute Gasteiger partial charge is 0.354 e. The monoisotopic (exact) mass is 295 g/mol. The Bertz CT molecular complexity index is 672. The Morgan fingerprint density at radius 2 is 2.15 bits per heavy atom. The lowest BCUT2D eigenvalue weighted by atomic mass is 10.3. The molecule has 0 bridgehead atoms. The highest BCUT2D eigenvalue weighted by molar-refractivity contribution is 6.31. The number of hydrogen-bond donors (Lipinski definition) is 3. The van der Waals surface area contributed by atoms with Gasteiger partial charge in [-0.1, -0.05) is 11.6 Å². The van der Waals surface area contributed by atoms with Crippen LogP contribution in [0.1, 0.15) is 33.6 Å². The second-order valence-corrected chi connectivity index (χ2v) is 4.77. The summed E-state index contributed by atoms with van der Waals surface area (Å²) >= 11 is 5.88.